The number of aryl methyl sites for hydroxylation is 2. The summed E-state index contributed by atoms with van der Waals surface area (Å²) in [4.78, 5) is 16.1. The Hall–Kier alpha value is -2.93. The van der Waals surface area contributed by atoms with E-state index < -0.39 is 0 Å². The van der Waals surface area contributed by atoms with E-state index in [-0.39, 0.29) is 12.7 Å². The van der Waals surface area contributed by atoms with Gasteiger partial charge in [0.2, 0.25) is 6.79 Å². The summed E-state index contributed by atoms with van der Waals surface area (Å²) in [6.07, 6.45) is 0. The van der Waals surface area contributed by atoms with Gasteiger partial charge in [-0.15, -0.1) is 11.8 Å². The first-order chi connectivity index (χ1) is 14.6. The van der Waals surface area contributed by atoms with E-state index in [1.54, 1.807) is 11.8 Å². The second-order valence-corrected chi connectivity index (χ2v) is 8.11. The van der Waals surface area contributed by atoms with Crippen LogP contribution in [0.4, 0.5) is 0 Å². The van der Waals surface area contributed by atoms with Gasteiger partial charge in [-0.1, -0.05) is 23.4 Å². The van der Waals surface area contributed by atoms with Crippen LogP contribution in [0.25, 0.3) is 0 Å². The number of benzene rings is 2. The predicted molar refractivity (Wildman–Crippen MR) is 115 cm³/mol. The van der Waals surface area contributed by atoms with Crippen molar-refractivity contribution in [2.45, 2.75) is 38.0 Å². The standard InChI is InChI=1S/C23H24N2O4S/c1-4-25(12-17-9-10-20-21(11-17)28-14-27-20)23(26)18-7-5-6-8-22(18)30-13-19-15(2)24-29-16(19)3/h5-11H,4,12-14H2,1-3H3. The molecule has 0 saturated heterocycles. The van der Waals surface area contributed by atoms with E-state index in [0.29, 0.717) is 24.4 Å². The first-order valence-electron chi connectivity index (χ1n) is 9.88. The lowest BCUT2D eigenvalue weighted by molar-refractivity contribution is 0.0749. The molecular formula is C23H24N2O4S. The molecule has 6 nitrogen and oxygen atoms in total. The molecule has 0 unspecified atom stereocenters. The number of ether oxygens (including phenoxy) is 2. The first kappa shape index (κ1) is 20.3. The lowest BCUT2D eigenvalue weighted by Gasteiger charge is -2.22. The van der Waals surface area contributed by atoms with Gasteiger partial charge in [-0.05, 0) is 50.6 Å². The Kier molecular flexibility index (Phi) is 5.99. The highest BCUT2D eigenvalue weighted by atomic mass is 32.2. The normalized spacial score (nSPS) is 12.2. The van der Waals surface area contributed by atoms with Crippen LogP contribution in [0.15, 0.2) is 51.9 Å². The van der Waals surface area contributed by atoms with Crippen LogP contribution in [-0.4, -0.2) is 29.3 Å². The van der Waals surface area contributed by atoms with Crippen molar-refractivity contribution < 1.29 is 18.8 Å². The first-order valence-corrected chi connectivity index (χ1v) is 10.9. The van der Waals surface area contributed by atoms with E-state index in [0.717, 1.165) is 39.0 Å². The number of aromatic nitrogens is 1. The van der Waals surface area contributed by atoms with Crippen molar-refractivity contribution in [1.82, 2.24) is 10.1 Å². The van der Waals surface area contributed by atoms with Gasteiger partial charge in [0.1, 0.15) is 5.76 Å². The minimum absolute atomic E-state index is 0.0111. The number of rotatable bonds is 7. The van der Waals surface area contributed by atoms with Crippen molar-refractivity contribution in [1.29, 1.82) is 0 Å². The molecule has 0 spiro atoms. The summed E-state index contributed by atoms with van der Waals surface area (Å²) in [5.74, 6) is 3.01. The maximum atomic E-state index is 13.4. The summed E-state index contributed by atoms with van der Waals surface area (Å²) in [7, 11) is 0. The predicted octanol–water partition coefficient (Wildman–Crippen LogP) is 4.97. The van der Waals surface area contributed by atoms with Crippen LogP contribution in [-0.2, 0) is 12.3 Å². The van der Waals surface area contributed by atoms with Gasteiger partial charge in [0.15, 0.2) is 11.5 Å². The van der Waals surface area contributed by atoms with Crippen LogP contribution in [0.3, 0.4) is 0 Å². The Morgan fingerprint density at radius 3 is 2.70 bits per heavy atom. The quantitative estimate of drug-likeness (QED) is 0.499. The molecule has 2 aromatic carbocycles. The number of carbonyl (C=O) groups excluding carboxylic acids is 1. The van der Waals surface area contributed by atoms with Gasteiger partial charge in [-0.3, -0.25) is 4.79 Å². The van der Waals surface area contributed by atoms with Crippen LogP contribution in [0.2, 0.25) is 0 Å². The minimum Gasteiger partial charge on any atom is -0.454 e. The van der Waals surface area contributed by atoms with Crippen molar-refractivity contribution in [3.8, 4) is 11.5 Å². The van der Waals surface area contributed by atoms with Crippen LogP contribution >= 0.6 is 11.8 Å². The molecule has 1 aliphatic heterocycles. The summed E-state index contributed by atoms with van der Waals surface area (Å²) in [5, 5.41) is 4.02. The molecule has 0 N–H and O–H groups in total. The van der Waals surface area contributed by atoms with E-state index >= 15 is 0 Å². The van der Waals surface area contributed by atoms with Crippen molar-refractivity contribution in [3.63, 3.8) is 0 Å². The number of hydrogen-bond donors (Lipinski definition) is 0. The molecule has 1 amide bonds. The van der Waals surface area contributed by atoms with Gasteiger partial charge in [0.05, 0.1) is 11.3 Å². The number of hydrogen-bond acceptors (Lipinski definition) is 6. The van der Waals surface area contributed by atoms with Gasteiger partial charge < -0.3 is 18.9 Å². The van der Waals surface area contributed by atoms with Crippen LogP contribution in [0.5, 0.6) is 11.5 Å². The molecule has 0 saturated carbocycles. The van der Waals surface area contributed by atoms with Crippen molar-refractivity contribution in [2.75, 3.05) is 13.3 Å². The Balaban J connectivity index is 1.51. The highest BCUT2D eigenvalue weighted by Gasteiger charge is 2.20. The second-order valence-electron chi connectivity index (χ2n) is 7.09. The van der Waals surface area contributed by atoms with Gasteiger partial charge in [0.25, 0.3) is 5.91 Å². The molecule has 7 heteroatoms. The summed E-state index contributed by atoms with van der Waals surface area (Å²) in [5.41, 5.74) is 3.68. The van der Waals surface area contributed by atoms with E-state index in [2.05, 4.69) is 5.16 Å². The molecule has 0 atom stereocenters. The highest BCUT2D eigenvalue weighted by molar-refractivity contribution is 7.98. The summed E-state index contributed by atoms with van der Waals surface area (Å²) in [6, 6.07) is 13.5. The zero-order valence-corrected chi connectivity index (χ0v) is 18.1. The number of nitrogens with zero attached hydrogens (tertiary/aromatic N) is 2. The van der Waals surface area contributed by atoms with Gasteiger partial charge in [0, 0.05) is 29.3 Å². The Morgan fingerprint density at radius 2 is 1.93 bits per heavy atom. The van der Waals surface area contributed by atoms with Crippen LogP contribution in [0, 0.1) is 13.8 Å². The topological polar surface area (TPSA) is 64.8 Å². The lowest BCUT2D eigenvalue weighted by Crippen LogP contribution is -2.30. The van der Waals surface area contributed by atoms with E-state index in [1.165, 1.54) is 0 Å². The van der Waals surface area contributed by atoms with Gasteiger partial charge in [-0.2, -0.15) is 0 Å². The smallest absolute Gasteiger partial charge is 0.255 e. The molecule has 30 heavy (non-hydrogen) atoms. The molecule has 4 rings (SSSR count). The number of fused-ring (bicyclic) bond motifs is 1. The molecule has 2 heterocycles. The summed E-state index contributed by atoms with van der Waals surface area (Å²) in [6.45, 7) is 7.20. The third kappa shape index (κ3) is 4.16. The zero-order chi connectivity index (χ0) is 21.1. The lowest BCUT2D eigenvalue weighted by atomic mass is 10.1. The third-order valence-corrected chi connectivity index (χ3v) is 6.25. The van der Waals surface area contributed by atoms with Crippen molar-refractivity contribution in [3.05, 3.63) is 70.6 Å². The number of amides is 1. The maximum Gasteiger partial charge on any atom is 0.255 e. The van der Waals surface area contributed by atoms with E-state index in [1.807, 2.05) is 68.1 Å². The minimum atomic E-state index is 0.0111. The monoisotopic (exact) mass is 424 g/mol. The fourth-order valence-electron chi connectivity index (χ4n) is 3.38. The Morgan fingerprint density at radius 1 is 1.13 bits per heavy atom. The van der Waals surface area contributed by atoms with Crippen molar-refractivity contribution in [2.24, 2.45) is 0 Å². The molecule has 0 fully saturated rings. The number of carbonyl (C=O) groups is 1. The fourth-order valence-corrected chi connectivity index (χ4v) is 4.58. The summed E-state index contributed by atoms with van der Waals surface area (Å²) >= 11 is 1.63. The van der Waals surface area contributed by atoms with E-state index in [9.17, 15) is 4.79 Å². The van der Waals surface area contributed by atoms with Crippen LogP contribution < -0.4 is 9.47 Å². The van der Waals surface area contributed by atoms with Gasteiger partial charge in [-0.25, -0.2) is 0 Å². The third-order valence-electron chi connectivity index (χ3n) is 5.15. The second kappa shape index (κ2) is 8.83. The maximum absolute atomic E-state index is 13.4. The average molecular weight is 425 g/mol. The number of thioether (sulfide) groups is 1. The molecule has 1 aromatic heterocycles. The molecule has 0 radical (unpaired) electrons. The zero-order valence-electron chi connectivity index (χ0n) is 17.3. The molecular weight excluding hydrogens is 400 g/mol. The Labute approximate surface area is 180 Å². The molecule has 1 aliphatic rings. The Bertz CT molecular complexity index is 1040. The SMILES string of the molecule is CCN(Cc1ccc2c(c1)OCO2)C(=O)c1ccccc1SCc1c(C)noc1C. The molecule has 156 valence electrons. The highest BCUT2D eigenvalue weighted by Crippen LogP contribution is 2.33. The van der Waals surface area contributed by atoms with E-state index in [4.69, 9.17) is 14.0 Å². The fraction of sp³-hybridized carbons (Fsp3) is 0.304. The van der Waals surface area contributed by atoms with Crippen molar-refractivity contribution >= 4 is 17.7 Å². The summed E-state index contributed by atoms with van der Waals surface area (Å²) < 4.78 is 16.1. The molecule has 0 bridgehead atoms. The van der Waals surface area contributed by atoms with Crippen LogP contribution in [0.1, 0.15) is 39.9 Å². The van der Waals surface area contributed by atoms with Gasteiger partial charge >= 0.3 is 0 Å². The average Bonchev–Trinajstić information content (AvgIpc) is 3.36. The largest absolute Gasteiger partial charge is 0.454 e. The molecule has 3 aromatic rings. The molecule has 0 aliphatic carbocycles.